The van der Waals surface area contributed by atoms with E-state index in [1.165, 1.54) is 19.2 Å². The molecule has 3 rings (SSSR count). The minimum atomic E-state index is -0.440. The highest BCUT2D eigenvalue weighted by atomic mass is 19.1. The van der Waals surface area contributed by atoms with E-state index in [4.69, 9.17) is 4.74 Å². The summed E-state index contributed by atoms with van der Waals surface area (Å²) in [5.74, 6) is -0.114. The van der Waals surface area contributed by atoms with Crippen molar-refractivity contribution in [3.8, 4) is 5.75 Å². The van der Waals surface area contributed by atoms with Gasteiger partial charge in [0.2, 0.25) is 5.95 Å². The van der Waals surface area contributed by atoms with Crippen LogP contribution >= 0.6 is 0 Å². The summed E-state index contributed by atoms with van der Waals surface area (Å²) in [5, 5.41) is 3.60. The van der Waals surface area contributed by atoms with Gasteiger partial charge in [-0.2, -0.15) is 4.39 Å². The van der Waals surface area contributed by atoms with Crippen molar-refractivity contribution in [1.82, 2.24) is 10.3 Å². The van der Waals surface area contributed by atoms with Crippen molar-refractivity contribution in [3.05, 3.63) is 59.4 Å². The molecule has 1 fully saturated rings. The van der Waals surface area contributed by atoms with Gasteiger partial charge in [0.1, 0.15) is 0 Å². The zero-order valence-corrected chi connectivity index (χ0v) is 13.9. The van der Waals surface area contributed by atoms with Gasteiger partial charge >= 0.3 is 0 Å². The number of hydrogen-bond donors (Lipinski definition) is 1. The van der Waals surface area contributed by atoms with Gasteiger partial charge in [-0.15, -0.1) is 0 Å². The van der Waals surface area contributed by atoms with Gasteiger partial charge in [-0.05, 0) is 61.4 Å². The minimum absolute atomic E-state index is 0.106. The Morgan fingerprint density at radius 2 is 2.04 bits per heavy atom. The fourth-order valence-electron chi connectivity index (χ4n) is 3.46. The Morgan fingerprint density at radius 1 is 1.21 bits per heavy atom. The number of nitrogens with zero attached hydrogens (tertiary/aromatic N) is 1. The molecule has 2 aromatic rings. The van der Waals surface area contributed by atoms with Crippen LogP contribution in [0.4, 0.5) is 8.78 Å². The van der Waals surface area contributed by atoms with Crippen LogP contribution in [0.5, 0.6) is 5.75 Å². The van der Waals surface area contributed by atoms with E-state index >= 15 is 0 Å². The number of nitrogens with one attached hydrogen (secondary N) is 1. The van der Waals surface area contributed by atoms with E-state index in [2.05, 4.69) is 17.2 Å². The van der Waals surface area contributed by atoms with E-state index in [0.29, 0.717) is 12.0 Å². The molecular weight excluding hydrogens is 310 g/mol. The second-order valence-electron chi connectivity index (χ2n) is 6.40. The minimum Gasteiger partial charge on any atom is -0.494 e. The summed E-state index contributed by atoms with van der Waals surface area (Å²) in [6.45, 7) is 2.07. The summed E-state index contributed by atoms with van der Waals surface area (Å²) in [5.41, 5.74) is 2.09. The Morgan fingerprint density at radius 3 is 2.75 bits per heavy atom. The summed E-state index contributed by atoms with van der Waals surface area (Å²) in [4.78, 5) is 3.75. The molecule has 128 valence electrons. The molecule has 1 saturated carbocycles. The largest absolute Gasteiger partial charge is 0.494 e. The lowest BCUT2D eigenvalue weighted by Gasteiger charge is -2.21. The second kappa shape index (κ2) is 7.26. The molecule has 1 aromatic carbocycles. The molecule has 1 N–H and O–H groups in total. The predicted octanol–water partition coefficient (Wildman–Crippen LogP) is 4.36. The molecule has 5 heteroatoms. The van der Waals surface area contributed by atoms with Crippen LogP contribution in [0.25, 0.3) is 0 Å². The topological polar surface area (TPSA) is 34.1 Å². The average Bonchev–Trinajstić information content (AvgIpc) is 3.04. The van der Waals surface area contributed by atoms with E-state index < -0.39 is 5.95 Å². The fourth-order valence-corrected chi connectivity index (χ4v) is 3.46. The standard InChI is InChI=1S/C19H22F2N2O/c1-12(13-4-7-17(20)18(10-13)24-2)23-16-6-3-14(9-16)15-5-8-19(21)22-11-15/h4-5,7-8,10-12,14,16,23H,3,6,9H2,1-2H3. The molecule has 1 aliphatic rings. The number of ether oxygens (including phenoxy) is 1. The van der Waals surface area contributed by atoms with Gasteiger partial charge in [0.05, 0.1) is 7.11 Å². The smallest absolute Gasteiger partial charge is 0.212 e. The molecule has 1 heterocycles. The maximum atomic E-state index is 13.5. The first-order chi connectivity index (χ1) is 11.6. The molecule has 3 unspecified atom stereocenters. The van der Waals surface area contributed by atoms with Crippen LogP contribution in [0.3, 0.4) is 0 Å². The summed E-state index contributed by atoms with van der Waals surface area (Å²) in [7, 11) is 1.47. The van der Waals surface area contributed by atoms with E-state index in [-0.39, 0.29) is 17.6 Å². The van der Waals surface area contributed by atoms with Crippen molar-refractivity contribution in [2.45, 2.75) is 44.2 Å². The highest BCUT2D eigenvalue weighted by Gasteiger charge is 2.27. The summed E-state index contributed by atoms with van der Waals surface area (Å²) >= 11 is 0. The second-order valence-corrected chi connectivity index (χ2v) is 6.40. The summed E-state index contributed by atoms with van der Waals surface area (Å²) in [6.07, 6.45) is 4.75. The summed E-state index contributed by atoms with van der Waals surface area (Å²) in [6, 6.07) is 8.69. The lowest BCUT2D eigenvalue weighted by Crippen LogP contribution is -2.29. The van der Waals surface area contributed by atoms with Gasteiger partial charge in [0.15, 0.2) is 11.6 Å². The Kier molecular flexibility index (Phi) is 5.09. The molecule has 0 saturated heterocycles. The predicted molar refractivity (Wildman–Crippen MR) is 89.1 cm³/mol. The van der Waals surface area contributed by atoms with Crippen LogP contribution in [-0.4, -0.2) is 18.1 Å². The molecule has 0 spiro atoms. The SMILES string of the molecule is COc1cc(C(C)NC2CCC(c3ccc(F)nc3)C2)ccc1F. The zero-order valence-electron chi connectivity index (χ0n) is 13.9. The summed E-state index contributed by atoms with van der Waals surface area (Å²) < 4.78 is 31.5. The van der Waals surface area contributed by atoms with Crippen LogP contribution in [0, 0.1) is 11.8 Å². The van der Waals surface area contributed by atoms with Crippen LogP contribution in [0.1, 0.15) is 49.3 Å². The average molecular weight is 332 g/mol. The molecular formula is C19H22F2N2O. The van der Waals surface area contributed by atoms with Gasteiger partial charge in [0.25, 0.3) is 0 Å². The van der Waals surface area contributed by atoms with E-state index in [1.54, 1.807) is 18.3 Å². The molecule has 0 bridgehead atoms. The first-order valence-corrected chi connectivity index (χ1v) is 8.27. The Hall–Kier alpha value is -2.01. The quantitative estimate of drug-likeness (QED) is 0.826. The molecule has 0 aliphatic heterocycles. The first kappa shape index (κ1) is 16.8. The normalized spacial score (nSPS) is 21.7. The first-order valence-electron chi connectivity index (χ1n) is 8.27. The fraction of sp³-hybridized carbons (Fsp3) is 0.421. The number of methoxy groups -OCH3 is 1. The van der Waals surface area contributed by atoms with Crippen LogP contribution < -0.4 is 10.1 Å². The van der Waals surface area contributed by atoms with Crippen molar-refractivity contribution in [1.29, 1.82) is 0 Å². The Bertz CT molecular complexity index is 690. The zero-order chi connectivity index (χ0) is 17.1. The van der Waals surface area contributed by atoms with E-state index in [1.807, 2.05) is 6.07 Å². The highest BCUT2D eigenvalue weighted by Crippen LogP contribution is 2.35. The monoisotopic (exact) mass is 332 g/mol. The van der Waals surface area contributed by atoms with E-state index in [0.717, 1.165) is 30.4 Å². The van der Waals surface area contributed by atoms with Crippen molar-refractivity contribution in [3.63, 3.8) is 0 Å². The van der Waals surface area contributed by atoms with Gasteiger partial charge in [-0.3, -0.25) is 0 Å². The molecule has 0 radical (unpaired) electrons. The maximum Gasteiger partial charge on any atom is 0.212 e. The van der Waals surface area contributed by atoms with Gasteiger partial charge in [0, 0.05) is 18.3 Å². The van der Waals surface area contributed by atoms with Crippen molar-refractivity contribution in [2.24, 2.45) is 0 Å². The number of pyridine rings is 1. The number of benzene rings is 1. The third kappa shape index (κ3) is 3.73. The number of halogens is 2. The number of hydrogen-bond acceptors (Lipinski definition) is 3. The van der Waals surface area contributed by atoms with Crippen molar-refractivity contribution < 1.29 is 13.5 Å². The molecule has 3 atom stereocenters. The number of rotatable bonds is 5. The molecule has 24 heavy (non-hydrogen) atoms. The van der Waals surface area contributed by atoms with E-state index in [9.17, 15) is 8.78 Å². The van der Waals surface area contributed by atoms with Gasteiger partial charge in [-0.25, -0.2) is 9.37 Å². The highest BCUT2D eigenvalue weighted by molar-refractivity contribution is 5.32. The van der Waals surface area contributed by atoms with Crippen LogP contribution in [0.15, 0.2) is 36.5 Å². The molecule has 1 aliphatic carbocycles. The van der Waals surface area contributed by atoms with Crippen molar-refractivity contribution in [2.75, 3.05) is 7.11 Å². The van der Waals surface area contributed by atoms with Crippen LogP contribution in [-0.2, 0) is 0 Å². The maximum absolute atomic E-state index is 13.5. The lowest BCUT2D eigenvalue weighted by atomic mass is 9.99. The third-order valence-electron chi connectivity index (χ3n) is 4.82. The Balaban J connectivity index is 1.61. The molecule has 3 nitrogen and oxygen atoms in total. The van der Waals surface area contributed by atoms with Gasteiger partial charge in [-0.1, -0.05) is 12.1 Å². The number of aromatic nitrogens is 1. The van der Waals surface area contributed by atoms with Gasteiger partial charge < -0.3 is 10.1 Å². The molecule has 0 amide bonds. The van der Waals surface area contributed by atoms with Crippen molar-refractivity contribution >= 4 is 0 Å². The third-order valence-corrected chi connectivity index (χ3v) is 4.82. The Labute approximate surface area is 141 Å². The van der Waals surface area contributed by atoms with Crippen LogP contribution in [0.2, 0.25) is 0 Å². The lowest BCUT2D eigenvalue weighted by molar-refractivity contribution is 0.384. The molecule has 1 aromatic heterocycles.